The molecule has 2 rings (SSSR count). The third kappa shape index (κ3) is 2.20. The van der Waals surface area contributed by atoms with Gasteiger partial charge in [0, 0.05) is 16.6 Å². The standard InChI is InChI=1S/C13H18BrN/c1-9-7-12-10(5-4-6-15-12)8-11(9)13(2,3)14/h7-8,15H,4-6H2,1-3H3. The van der Waals surface area contributed by atoms with Crippen molar-refractivity contribution in [3.63, 3.8) is 0 Å². The normalized spacial score (nSPS) is 15.7. The molecule has 0 amide bonds. The van der Waals surface area contributed by atoms with Crippen molar-refractivity contribution < 1.29 is 0 Å². The Morgan fingerprint density at radius 2 is 2.07 bits per heavy atom. The average molecular weight is 268 g/mol. The van der Waals surface area contributed by atoms with E-state index in [0.717, 1.165) is 6.54 Å². The molecule has 1 heterocycles. The van der Waals surface area contributed by atoms with Crippen LogP contribution in [0.25, 0.3) is 0 Å². The van der Waals surface area contributed by atoms with Crippen LogP contribution in [-0.2, 0) is 10.7 Å². The third-order valence-electron chi connectivity index (χ3n) is 3.03. The number of hydrogen-bond donors (Lipinski definition) is 1. The van der Waals surface area contributed by atoms with Crippen molar-refractivity contribution in [2.45, 2.75) is 37.9 Å². The molecular weight excluding hydrogens is 250 g/mol. The second kappa shape index (κ2) is 3.82. The summed E-state index contributed by atoms with van der Waals surface area (Å²) in [5, 5.41) is 3.47. The minimum absolute atomic E-state index is 0.0730. The zero-order valence-electron chi connectivity index (χ0n) is 9.65. The fourth-order valence-corrected chi connectivity index (χ4v) is 2.69. The van der Waals surface area contributed by atoms with E-state index in [4.69, 9.17) is 0 Å². The predicted octanol–water partition coefficient (Wildman–Crippen LogP) is 3.98. The van der Waals surface area contributed by atoms with E-state index >= 15 is 0 Å². The van der Waals surface area contributed by atoms with Crippen molar-refractivity contribution in [3.8, 4) is 0 Å². The molecule has 1 aliphatic heterocycles. The quantitative estimate of drug-likeness (QED) is 0.759. The van der Waals surface area contributed by atoms with Crippen LogP contribution in [-0.4, -0.2) is 6.54 Å². The van der Waals surface area contributed by atoms with E-state index in [1.165, 1.54) is 35.2 Å². The highest BCUT2D eigenvalue weighted by atomic mass is 79.9. The van der Waals surface area contributed by atoms with Gasteiger partial charge in [-0.1, -0.05) is 22.0 Å². The van der Waals surface area contributed by atoms with Crippen molar-refractivity contribution in [2.24, 2.45) is 0 Å². The molecule has 0 fully saturated rings. The van der Waals surface area contributed by atoms with Gasteiger partial charge in [0.15, 0.2) is 0 Å². The maximum absolute atomic E-state index is 3.74. The first-order valence-corrected chi connectivity index (χ1v) is 6.34. The molecule has 15 heavy (non-hydrogen) atoms. The van der Waals surface area contributed by atoms with Crippen LogP contribution < -0.4 is 5.32 Å². The number of alkyl halides is 1. The second-order valence-corrected chi connectivity index (χ2v) is 6.81. The SMILES string of the molecule is Cc1cc2c(cc1C(C)(C)Br)CCCN2. The van der Waals surface area contributed by atoms with Gasteiger partial charge >= 0.3 is 0 Å². The number of benzene rings is 1. The molecule has 1 aliphatic rings. The summed E-state index contributed by atoms with van der Waals surface area (Å²) in [5.41, 5.74) is 5.57. The van der Waals surface area contributed by atoms with Crippen LogP contribution in [0.15, 0.2) is 12.1 Å². The Morgan fingerprint density at radius 3 is 2.73 bits per heavy atom. The molecule has 0 saturated carbocycles. The number of aryl methyl sites for hydroxylation is 2. The number of anilines is 1. The molecule has 0 unspecified atom stereocenters. The van der Waals surface area contributed by atoms with Crippen LogP contribution in [0.4, 0.5) is 5.69 Å². The molecule has 1 aromatic carbocycles. The number of hydrogen-bond acceptors (Lipinski definition) is 1. The molecule has 1 aromatic rings. The van der Waals surface area contributed by atoms with Gasteiger partial charge in [-0.25, -0.2) is 0 Å². The highest BCUT2D eigenvalue weighted by molar-refractivity contribution is 9.09. The molecule has 82 valence electrons. The second-order valence-electron chi connectivity index (χ2n) is 4.83. The van der Waals surface area contributed by atoms with Gasteiger partial charge in [-0.05, 0) is 56.4 Å². The number of rotatable bonds is 1. The lowest BCUT2D eigenvalue weighted by atomic mass is 9.91. The van der Waals surface area contributed by atoms with E-state index in [0.29, 0.717) is 0 Å². The summed E-state index contributed by atoms with van der Waals surface area (Å²) in [7, 11) is 0. The van der Waals surface area contributed by atoms with Gasteiger partial charge in [-0.15, -0.1) is 0 Å². The summed E-state index contributed by atoms with van der Waals surface area (Å²) in [6, 6.07) is 4.64. The summed E-state index contributed by atoms with van der Waals surface area (Å²) in [6.07, 6.45) is 2.46. The van der Waals surface area contributed by atoms with Crippen LogP contribution in [0.2, 0.25) is 0 Å². The zero-order valence-corrected chi connectivity index (χ0v) is 11.2. The Kier molecular flexibility index (Phi) is 2.80. The lowest BCUT2D eigenvalue weighted by Crippen LogP contribution is -2.15. The van der Waals surface area contributed by atoms with Crippen molar-refractivity contribution in [1.82, 2.24) is 0 Å². The van der Waals surface area contributed by atoms with Crippen molar-refractivity contribution >= 4 is 21.6 Å². The first-order valence-electron chi connectivity index (χ1n) is 5.55. The van der Waals surface area contributed by atoms with Gasteiger partial charge in [0.05, 0.1) is 0 Å². The fourth-order valence-electron chi connectivity index (χ4n) is 2.27. The zero-order chi connectivity index (χ0) is 11.1. The summed E-state index contributed by atoms with van der Waals surface area (Å²) in [5.74, 6) is 0. The highest BCUT2D eigenvalue weighted by Crippen LogP contribution is 2.36. The molecule has 1 N–H and O–H groups in total. The summed E-state index contributed by atoms with van der Waals surface area (Å²) in [6.45, 7) is 7.72. The lowest BCUT2D eigenvalue weighted by molar-refractivity contribution is 0.779. The highest BCUT2D eigenvalue weighted by Gasteiger charge is 2.21. The lowest BCUT2D eigenvalue weighted by Gasteiger charge is -2.25. The molecule has 0 spiro atoms. The topological polar surface area (TPSA) is 12.0 Å². The fraction of sp³-hybridized carbons (Fsp3) is 0.538. The molecule has 0 aromatic heterocycles. The minimum Gasteiger partial charge on any atom is -0.385 e. The Balaban J connectivity index is 2.50. The number of nitrogens with one attached hydrogen (secondary N) is 1. The average Bonchev–Trinajstić information content (AvgIpc) is 2.15. The van der Waals surface area contributed by atoms with E-state index in [2.05, 4.69) is 54.2 Å². The van der Waals surface area contributed by atoms with Crippen LogP contribution >= 0.6 is 15.9 Å². The van der Waals surface area contributed by atoms with E-state index in [1.54, 1.807) is 0 Å². The van der Waals surface area contributed by atoms with Gasteiger partial charge in [-0.2, -0.15) is 0 Å². The van der Waals surface area contributed by atoms with Gasteiger partial charge in [0.1, 0.15) is 0 Å². The Bertz CT molecular complexity index is 377. The number of halogens is 1. The molecular formula is C13H18BrN. The summed E-state index contributed by atoms with van der Waals surface area (Å²) >= 11 is 3.74. The molecule has 1 nitrogen and oxygen atoms in total. The summed E-state index contributed by atoms with van der Waals surface area (Å²) in [4.78, 5) is 0. The van der Waals surface area contributed by atoms with Crippen molar-refractivity contribution in [2.75, 3.05) is 11.9 Å². The molecule has 0 saturated heterocycles. The summed E-state index contributed by atoms with van der Waals surface area (Å²) < 4.78 is 0.0730. The van der Waals surface area contributed by atoms with Crippen molar-refractivity contribution in [3.05, 3.63) is 28.8 Å². The van der Waals surface area contributed by atoms with Crippen LogP contribution in [0, 0.1) is 6.92 Å². The molecule has 0 atom stereocenters. The van der Waals surface area contributed by atoms with Gasteiger partial charge in [0.25, 0.3) is 0 Å². The number of fused-ring (bicyclic) bond motifs is 1. The molecule has 0 radical (unpaired) electrons. The Hall–Kier alpha value is -0.500. The predicted molar refractivity (Wildman–Crippen MR) is 69.9 cm³/mol. The first-order chi connectivity index (χ1) is 6.98. The largest absolute Gasteiger partial charge is 0.385 e. The van der Waals surface area contributed by atoms with E-state index in [-0.39, 0.29) is 4.32 Å². The third-order valence-corrected chi connectivity index (χ3v) is 3.46. The maximum Gasteiger partial charge on any atom is 0.0452 e. The smallest absolute Gasteiger partial charge is 0.0452 e. The van der Waals surface area contributed by atoms with Gasteiger partial charge in [0.2, 0.25) is 0 Å². The van der Waals surface area contributed by atoms with Gasteiger partial charge in [-0.3, -0.25) is 0 Å². The minimum atomic E-state index is 0.0730. The van der Waals surface area contributed by atoms with Crippen LogP contribution in [0.3, 0.4) is 0 Å². The van der Waals surface area contributed by atoms with E-state index < -0.39 is 0 Å². The molecule has 0 bridgehead atoms. The maximum atomic E-state index is 3.74. The van der Waals surface area contributed by atoms with Crippen LogP contribution in [0.1, 0.15) is 37.0 Å². The van der Waals surface area contributed by atoms with Crippen LogP contribution in [0.5, 0.6) is 0 Å². The Morgan fingerprint density at radius 1 is 1.33 bits per heavy atom. The first kappa shape index (κ1) is 11.0. The van der Waals surface area contributed by atoms with Gasteiger partial charge < -0.3 is 5.32 Å². The molecule has 0 aliphatic carbocycles. The monoisotopic (exact) mass is 267 g/mol. The van der Waals surface area contributed by atoms with E-state index in [9.17, 15) is 0 Å². The molecule has 2 heteroatoms. The van der Waals surface area contributed by atoms with Crippen molar-refractivity contribution in [1.29, 1.82) is 0 Å². The Labute approximate surface area is 100 Å². The van der Waals surface area contributed by atoms with E-state index in [1.807, 2.05) is 0 Å².